The maximum Gasteiger partial charge on any atom is 0.326 e. The summed E-state index contributed by atoms with van der Waals surface area (Å²) in [5.41, 5.74) is 0.536. The summed E-state index contributed by atoms with van der Waals surface area (Å²) in [6.07, 6.45) is 2.34. The van der Waals surface area contributed by atoms with Gasteiger partial charge in [-0.2, -0.15) is 0 Å². The molecule has 0 radical (unpaired) electrons. The molecule has 1 atom stereocenters. The first kappa shape index (κ1) is 15.6. The second kappa shape index (κ2) is 7.22. The van der Waals surface area contributed by atoms with Crippen molar-refractivity contribution in [3.05, 3.63) is 26.7 Å². The molecule has 1 aromatic rings. The number of hydrogen-bond acceptors (Lipinski definition) is 2. The van der Waals surface area contributed by atoms with Gasteiger partial charge >= 0.3 is 5.97 Å². The summed E-state index contributed by atoms with van der Waals surface area (Å²) >= 11 is 15.3. The fraction of sp³-hybridized carbons (Fsp3) is 0.417. The van der Waals surface area contributed by atoms with Crippen LogP contribution in [0.2, 0.25) is 10.0 Å². The monoisotopic (exact) mass is 353 g/mol. The van der Waals surface area contributed by atoms with Crippen LogP contribution in [0.4, 0.5) is 5.69 Å². The minimum Gasteiger partial charge on any atom is -0.480 e. The minimum atomic E-state index is -0.890. The molecule has 6 heteroatoms. The van der Waals surface area contributed by atoms with E-state index in [1.54, 1.807) is 12.1 Å². The molecular weight excluding hydrogens is 341 g/mol. The van der Waals surface area contributed by atoms with Crippen molar-refractivity contribution in [2.24, 2.45) is 0 Å². The molecule has 0 aliphatic heterocycles. The van der Waals surface area contributed by atoms with Gasteiger partial charge in [0.2, 0.25) is 0 Å². The smallest absolute Gasteiger partial charge is 0.326 e. The Morgan fingerprint density at radius 3 is 2.67 bits per heavy atom. The van der Waals surface area contributed by atoms with Crippen molar-refractivity contribution in [3.63, 3.8) is 0 Å². The summed E-state index contributed by atoms with van der Waals surface area (Å²) in [6, 6.07) is 2.79. The Morgan fingerprint density at radius 2 is 2.11 bits per heavy atom. The molecule has 0 amide bonds. The lowest BCUT2D eigenvalue weighted by atomic mass is 10.1. The SMILES string of the molecule is CCCCC(Nc1ccc(Br)c(Cl)c1Cl)C(=O)O. The molecular formula is C12H14BrCl2NO2. The van der Waals surface area contributed by atoms with E-state index in [4.69, 9.17) is 28.3 Å². The maximum atomic E-state index is 11.1. The topological polar surface area (TPSA) is 49.3 Å². The van der Waals surface area contributed by atoms with E-state index in [1.165, 1.54) is 0 Å². The van der Waals surface area contributed by atoms with Crippen LogP contribution in [0.3, 0.4) is 0 Å². The maximum absolute atomic E-state index is 11.1. The van der Waals surface area contributed by atoms with E-state index in [0.29, 0.717) is 26.6 Å². The summed E-state index contributed by atoms with van der Waals surface area (Å²) in [6.45, 7) is 2.02. The first-order valence-corrected chi connectivity index (χ1v) is 7.15. The molecule has 1 rings (SSSR count). The number of carboxylic acids is 1. The number of unbranched alkanes of at least 4 members (excludes halogenated alkanes) is 1. The Labute approximate surface area is 125 Å². The first-order valence-electron chi connectivity index (χ1n) is 5.60. The lowest BCUT2D eigenvalue weighted by Crippen LogP contribution is -2.29. The Kier molecular flexibility index (Phi) is 6.26. The first-order chi connectivity index (χ1) is 8.47. The average Bonchev–Trinajstić information content (AvgIpc) is 2.33. The van der Waals surface area contributed by atoms with Gasteiger partial charge in [-0.05, 0) is 34.5 Å². The molecule has 18 heavy (non-hydrogen) atoms. The third-order valence-corrected chi connectivity index (χ3v) is 4.28. The van der Waals surface area contributed by atoms with Crippen LogP contribution in [0.25, 0.3) is 0 Å². The average molecular weight is 355 g/mol. The van der Waals surface area contributed by atoms with Crippen LogP contribution < -0.4 is 5.32 Å². The van der Waals surface area contributed by atoms with Crippen LogP contribution in [0.5, 0.6) is 0 Å². The number of benzene rings is 1. The van der Waals surface area contributed by atoms with E-state index in [-0.39, 0.29) is 0 Å². The minimum absolute atomic E-state index is 0.328. The van der Waals surface area contributed by atoms with E-state index in [9.17, 15) is 4.79 Å². The van der Waals surface area contributed by atoms with Crippen LogP contribution in [0.1, 0.15) is 26.2 Å². The second-order valence-corrected chi connectivity index (χ2v) is 5.51. The molecule has 3 nitrogen and oxygen atoms in total. The van der Waals surface area contributed by atoms with E-state index in [0.717, 1.165) is 12.8 Å². The summed E-state index contributed by atoms with van der Waals surface area (Å²) in [5, 5.41) is 12.7. The highest BCUT2D eigenvalue weighted by molar-refractivity contribution is 9.10. The third kappa shape index (κ3) is 4.04. The molecule has 0 saturated heterocycles. The Bertz CT molecular complexity index is 440. The number of carboxylic acid groups (broad SMARTS) is 1. The normalized spacial score (nSPS) is 12.2. The number of nitrogens with one attached hydrogen (secondary N) is 1. The number of anilines is 1. The number of halogens is 3. The lowest BCUT2D eigenvalue weighted by Gasteiger charge is -2.17. The van der Waals surface area contributed by atoms with Crippen molar-refractivity contribution in [2.45, 2.75) is 32.2 Å². The van der Waals surface area contributed by atoms with E-state index < -0.39 is 12.0 Å². The van der Waals surface area contributed by atoms with Crippen LogP contribution in [-0.2, 0) is 4.79 Å². The fourth-order valence-corrected chi connectivity index (χ4v) is 2.32. The van der Waals surface area contributed by atoms with Crippen molar-refractivity contribution < 1.29 is 9.90 Å². The molecule has 100 valence electrons. The van der Waals surface area contributed by atoms with Crippen LogP contribution in [0, 0.1) is 0 Å². The predicted molar refractivity (Wildman–Crippen MR) is 78.7 cm³/mol. The molecule has 0 aliphatic rings. The molecule has 0 saturated carbocycles. The summed E-state index contributed by atoms with van der Waals surface area (Å²) < 4.78 is 0.681. The van der Waals surface area contributed by atoms with Gasteiger partial charge in [-0.15, -0.1) is 0 Å². The zero-order chi connectivity index (χ0) is 13.7. The standard InChI is InChI=1S/C12H14BrCl2NO2/c1-2-3-4-9(12(17)18)16-8-6-5-7(13)10(14)11(8)15/h5-6,9,16H,2-4H2,1H3,(H,17,18). The predicted octanol–water partition coefficient (Wildman–Crippen LogP) is 4.81. The molecule has 0 fully saturated rings. The number of aliphatic carboxylic acids is 1. The molecule has 2 N–H and O–H groups in total. The molecule has 0 aliphatic carbocycles. The zero-order valence-electron chi connectivity index (χ0n) is 9.84. The van der Waals surface area contributed by atoms with Crippen molar-refractivity contribution in [1.29, 1.82) is 0 Å². The van der Waals surface area contributed by atoms with Crippen molar-refractivity contribution in [1.82, 2.24) is 0 Å². The van der Waals surface area contributed by atoms with Crippen molar-refractivity contribution >= 4 is 50.8 Å². The molecule has 0 bridgehead atoms. The summed E-state index contributed by atoms with van der Waals surface area (Å²) in [5.74, 6) is -0.890. The van der Waals surface area contributed by atoms with Crippen LogP contribution in [0.15, 0.2) is 16.6 Å². The van der Waals surface area contributed by atoms with Gasteiger partial charge in [0.25, 0.3) is 0 Å². The quantitative estimate of drug-likeness (QED) is 0.720. The van der Waals surface area contributed by atoms with E-state index in [2.05, 4.69) is 21.2 Å². The molecule has 0 aromatic heterocycles. The van der Waals surface area contributed by atoms with Crippen molar-refractivity contribution in [2.75, 3.05) is 5.32 Å². The van der Waals surface area contributed by atoms with Crippen LogP contribution in [-0.4, -0.2) is 17.1 Å². The molecule has 1 aromatic carbocycles. The van der Waals surface area contributed by atoms with Gasteiger partial charge in [-0.25, -0.2) is 4.79 Å². The Morgan fingerprint density at radius 1 is 1.44 bits per heavy atom. The third-order valence-electron chi connectivity index (χ3n) is 2.51. The highest BCUT2D eigenvalue weighted by Crippen LogP contribution is 2.36. The molecule has 1 unspecified atom stereocenters. The number of hydrogen-bond donors (Lipinski definition) is 2. The zero-order valence-corrected chi connectivity index (χ0v) is 12.9. The molecule has 0 heterocycles. The van der Waals surface area contributed by atoms with E-state index >= 15 is 0 Å². The second-order valence-electron chi connectivity index (χ2n) is 3.90. The summed E-state index contributed by atoms with van der Waals surface area (Å²) in [4.78, 5) is 11.1. The Balaban J connectivity index is 2.87. The van der Waals surface area contributed by atoms with Crippen molar-refractivity contribution in [3.8, 4) is 0 Å². The van der Waals surface area contributed by atoms with Gasteiger partial charge in [0.15, 0.2) is 0 Å². The van der Waals surface area contributed by atoms with Gasteiger partial charge in [-0.3, -0.25) is 0 Å². The van der Waals surface area contributed by atoms with E-state index in [1.807, 2.05) is 6.92 Å². The Hall–Kier alpha value is -0.450. The largest absolute Gasteiger partial charge is 0.480 e. The van der Waals surface area contributed by atoms with Gasteiger partial charge in [0.1, 0.15) is 6.04 Å². The highest BCUT2D eigenvalue weighted by Gasteiger charge is 2.18. The lowest BCUT2D eigenvalue weighted by molar-refractivity contribution is -0.138. The number of rotatable bonds is 6. The fourth-order valence-electron chi connectivity index (χ4n) is 1.49. The van der Waals surface area contributed by atoms with Gasteiger partial charge in [0, 0.05) is 4.47 Å². The molecule has 0 spiro atoms. The highest BCUT2D eigenvalue weighted by atomic mass is 79.9. The van der Waals surface area contributed by atoms with Gasteiger partial charge in [0.05, 0.1) is 15.7 Å². The van der Waals surface area contributed by atoms with Crippen LogP contribution >= 0.6 is 39.1 Å². The number of carbonyl (C=O) groups is 1. The van der Waals surface area contributed by atoms with Gasteiger partial charge < -0.3 is 10.4 Å². The summed E-state index contributed by atoms with van der Waals surface area (Å²) in [7, 11) is 0. The van der Waals surface area contributed by atoms with Gasteiger partial charge in [-0.1, -0.05) is 43.0 Å².